The predicted octanol–water partition coefficient (Wildman–Crippen LogP) is 6.14. The van der Waals surface area contributed by atoms with Crippen LogP contribution in [0.4, 0.5) is 0 Å². The van der Waals surface area contributed by atoms with Crippen LogP contribution >= 0.6 is 11.3 Å². The number of hydrogen-bond acceptors (Lipinski definition) is 5. The fourth-order valence-electron chi connectivity index (χ4n) is 1.11. The minimum atomic E-state index is 1.05. The van der Waals surface area contributed by atoms with Gasteiger partial charge in [-0.15, -0.1) is 23.1 Å². The number of thiazole rings is 1. The van der Waals surface area contributed by atoms with Gasteiger partial charge in [-0.25, -0.2) is 4.98 Å². The summed E-state index contributed by atoms with van der Waals surface area (Å²) in [6.45, 7) is 19.9. The van der Waals surface area contributed by atoms with Crippen LogP contribution in [0.2, 0.25) is 0 Å². The van der Waals surface area contributed by atoms with Crippen molar-refractivity contribution in [2.45, 2.75) is 48.5 Å². The molecule has 0 spiro atoms. The first kappa shape index (κ1) is 25.9. The van der Waals surface area contributed by atoms with E-state index in [0.717, 1.165) is 16.3 Å². The average Bonchev–Trinajstić information content (AvgIpc) is 3.00. The number of hydrogen-bond donors (Lipinski definition) is 1. The lowest BCUT2D eigenvalue weighted by atomic mass is 10.2. The number of nitrogens with zero attached hydrogens (tertiary/aromatic N) is 3. The summed E-state index contributed by atoms with van der Waals surface area (Å²) in [6, 6.07) is 4.10. The predicted molar refractivity (Wildman–Crippen MR) is 105 cm³/mol. The van der Waals surface area contributed by atoms with Crippen molar-refractivity contribution >= 4 is 18.1 Å². The molecule has 0 saturated heterocycles. The van der Waals surface area contributed by atoms with E-state index >= 15 is 0 Å². The molecule has 5 heteroatoms. The van der Waals surface area contributed by atoms with Gasteiger partial charge >= 0.3 is 0 Å². The van der Waals surface area contributed by atoms with Gasteiger partial charge in [0, 0.05) is 30.4 Å². The van der Waals surface area contributed by atoms with E-state index in [9.17, 15) is 0 Å². The zero-order chi connectivity index (χ0) is 18.7. The number of allylic oxidation sites excluding steroid dienone is 1. The molecular weight excluding hydrogens is 306 g/mol. The molecule has 130 valence electrons. The van der Waals surface area contributed by atoms with E-state index in [1.807, 2.05) is 66.9 Å². The van der Waals surface area contributed by atoms with Gasteiger partial charge in [0.15, 0.2) is 0 Å². The molecule has 1 N–H and O–H groups in total. The normalized spacial score (nSPS) is 7.43. The Labute approximate surface area is 145 Å². The van der Waals surface area contributed by atoms with Crippen LogP contribution in [0.1, 0.15) is 45.3 Å². The first-order chi connectivity index (χ1) is 11.1. The van der Waals surface area contributed by atoms with E-state index in [2.05, 4.69) is 34.5 Å². The summed E-state index contributed by atoms with van der Waals surface area (Å²) in [5, 5.41) is 10.4. The summed E-state index contributed by atoms with van der Waals surface area (Å²) in [4.78, 5) is 9.64. The van der Waals surface area contributed by atoms with Crippen molar-refractivity contribution in [3.63, 3.8) is 0 Å². The monoisotopic (exact) mass is 337 g/mol. The topological polar surface area (TPSA) is 58.4 Å². The van der Waals surface area contributed by atoms with Gasteiger partial charge in [0.2, 0.25) is 0 Å². The average molecular weight is 338 g/mol. The fourth-order valence-corrected chi connectivity index (χ4v) is 1.88. The van der Waals surface area contributed by atoms with Crippen LogP contribution in [0, 0.1) is 13.8 Å². The Morgan fingerprint density at radius 3 is 1.87 bits per heavy atom. The Morgan fingerprint density at radius 2 is 1.57 bits per heavy atom. The van der Waals surface area contributed by atoms with Crippen LogP contribution in [0.15, 0.2) is 42.3 Å². The zero-order valence-corrected chi connectivity index (χ0v) is 16.3. The molecule has 0 aliphatic carbocycles. The van der Waals surface area contributed by atoms with Gasteiger partial charge in [-0.1, -0.05) is 39.8 Å². The van der Waals surface area contributed by atoms with E-state index in [4.69, 9.17) is 5.21 Å². The second-order valence-corrected chi connectivity index (χ2v) is 4.72. The number of pyridine rings is 1. The van der Waals surface area contributed by atoms with Gasteiger partial charge in [-0.3, -0.25) is 4.98 Å². The maximum atomic E-state index is 7.08. The fraction of sp³-hybridized carbons (Fsp3) is 0.389. The van der Waals surface area contributed by atoms with Gasteiger partial charge in [-0.05, 0) is 26.8 Å². The molecular formula is C18H31N3OS. The molecule has 0 aromatic carbocycles. The van der Waals surface area contributed by atoms with Crippen LogP contribution in [-0.4, -0.2) is 21.9 Å². The molecule has 0 atom stereocenters. The second-order valence-electron chi connectivity index (χ2n) is 3.48. The zero-order valence-electron chi connectivity index (χ0n) is 15.5. The molecule has 2 heterocycles. The van der Waals surface area contributed by atoms with Crippen LogP contribution in [0.3, 0.4) is 0 Å². The Morgan fingerprint density at radius 1 is 1.09 bits per heavy atom. The van der Waals surface area contributed by atoms with E-state index in [1.54, 1.807) is 17.4 Å². The van der Waals surface area contributed by atoms with Crippen molar-refractivity contribution < 1.29 is 5.21 Å². The van der Waals surface area contributed by atoms with Crippen LogP contribution in [-0.2, 0) is 0 Å². The molecule has 0 aliphatic rings. The summed E-state index contributed by atoms with van der Waals surface area (Å²) in [6.07, 6.45) is 5.54. The smallest absolute Gasteiger partial charge is 0.0900 e. The Hall–Kier alpha value is -2.01. The molecule has 23 heavy (non-hydrogen) atoms. The maximum absolute atomic E-state index is 7.08. The summed E-state index contributed by atoms with van der Waals surface area (Å²) in [5.74, 6) is 0. The summed E-state index contributed by atoms with van der Waals surface area (Å²) >= 11 is 1.70. The largest absolute Gasteiger partial charge is 0.411 e. The molecule has 0 aliphatic heterocycles. The number of rotatable bonds is 1. The highest BCUT2D eigenvalue weighted by atomic mass is 32.1. The van der Waals surface area contributed by atoms with E-state index in [0.29, 0.717) is 0 Å². The van der Waals surface area contributed by atoms with Crippen molar-refractivity contribution in [2.75, 3.05) is 0 Å². The Kier molecular flexibility index (Phi) is 22.5. The molecule has 0 amide bonds. The lowest BCUT2D eigenvalue weighted by Gasteiger charge is -1.95. The molecule has 0 bridgehead atoms. The van der Waals surface area contributed by atoms with Gasteiger partial charge in [0.25, 0.3) is 0 Å². The molecule has 0 fully saturated rings. The number of aromatic nitrogens is 2. The molecule has 0 saturated carbocycles. The van der Waals surface area contributed by atoms with E-state index in [-0.39, 0.29) is 0 Å². The highest BCUT2D eigenvalue weighted by Crippen LogP contribution is 2.24. The van der Waals surface area contributed by atoms with Crippen molar-refractivity contribution in [3.8, 4) is 10.4 Å². The van der Waals surface area contributed by atoms with E-state index in [1.165, 1.54) is 4.88 Å². The highest BCUT2D eigenvalue weighted by molar-refractivity contribution is 7.15. The first-order valence-corrected chi connectivity index (χ1v) is 8.43. The van der Waals surface area contributed by atoms with Gasteiger partial charge in [0.1, 0.15) is 0 Å². The SMILES string of the molecule is C=CC.C=NO.CC.CC.Cc1ccc(-c2cnc(C)s2)cn1. The van der Waals surface area contributed by atoms with Crippen molar-refractivity contribution in [3.05, 3.63) is 47.9 Å². The molecule has 4 nitrogen and oxygen atoms in total. The second kappa shape index (κ2) is 20.0. The van der Waals surface area contributed by atoms with Gasteiger partial charge < -0.3 is 5.21 Å². The molecule has 2 rings (SSSR count). The van der Waals surface area contributed by atoms with Crippen LogP contribution < -0.4 is 0 Å². The summed E-state index contributed by atoms with van der Waals surface area (Å²) in [5.41, 5.74) is 2.20. The molecule has 0 unspecified atom stereocenters. The molecule has 2 aromatic rings. The summed E-state index contributed by atoms with van der Waals surface area (Å²) < 4.78 is 0. The Balaban J connectivity index is -0.000000339. The van der Waals surface area contributed by atoms with Crippen molar-refractivity contribution in [1.29, 1.82) is 0 Å². The lowest BCUT2D eigenvalue weighted by Crippen LogP contribution is -1.79. The lowest BCUT2D eigenvalue weighted by molar-refractivity contribution is 0.323. The van der Waals surface area contributed by atoms with Crippen LogP contribution in [0.5, 0.6) is 0 Å². The third kappa shape index (κ3) is 14.7. The highest BCUT2D eigenvalue weighted by Gasteiger charge is 2.00. The summed E-state index contributed by atoms with van der Waals surface area (Å²) in [7, 11) is 0. The molecule has 2 aromatic heterocycles. The van der Waals surface area contributed by atoms with E-state index < -0.39 is 0 Å². The Bertz CT molecular complexity index is 487. The number of oxime groups is 1. The third-order valence-corrected chi connectivity index (χ3v) is 2.78. The van der Waals surface area contributed by atoms with Gasteiger partial charge in [0.05, 0.1) is 9.88 Å². The number of aryl methyl sites for hydroxylation is 2. The van der Waals surface area contributed by atoms with Gasteiger partial charge in [-0.2, -0.15) is 0 Å². The first-order valence-electron chi connectivity index (χ1n) is 7.61. The third-order valence-electron chi connectivity index (χ3n) is 1.82. The van der Waals surface area contributed by atoms with Crippen molar-refractivity contribution in [2.24, 2.45) is 5.16 Å². The standard InChI is InChI=1S/C10H10N2S.C3H6.2C2H6.CH3NO/c1-7-3-4-9(5-11-7)10-6-12-8(2)13-10;1-3-2;2*1-2;1-2-3/h3-6H,1-2H3;3H,1H2,2H3;2*1-2H3;3H,1H2. The minimum Gasteiger partial charge on any atom is -0.411 e. The maximum Gasteiger partial charge on any atom is 0.0900 e. The van der Waals surface area contributed by atoms with Crippen LogP contribution in [0.25, 0.3) is 10.4 Å². The quantitative estimate of drug-likeness (QED) is 0.294. The van der Waals surface area contributed by atoms with Crippen molar-refractivity contribution in [1.82, 2.24) is 9.97 Å². The molecule has 0 radical (unpaired) electrons. The minimum absolute atomic E-state index is 1.05.